The molecule has 0 aliphatic rings. The van der Waals surface area contributed by atoms with Gasteiger partial charge in [0.05, 0.1) is 18.8 Å². The fourth-order valence-corrected chi connectivity index (χ4v) is 2.10. The van der Waals surface area contributed by atoms with Gasteiger partial charge in [-0.3, -0.25) is 4.90 Å². The molecule has 0 aromatic carbocycles. The van der Waals surface area contributed by atoms with Gasteiger partial charge in [-0.05, 0) is 20.9 Å². The Hall–Kier alpha value is -0.450. The van der Waals surface area contributed by atoms with Gasteiger partial charge in [-0.1, -0.05) is 0 Å². The van der Waals surface area contributed by atoms with Crippen LogP contribution in [0.5, 0.6) is 0 Å². The minimum atomic E-state index is 0.208. The fourth-order valence-electron chi connectivity index (χ4n) is 1.09. The van der Waals surface area contributed by atoms with E-state index < -0.39 is 0 Å². The highest BCUT2D eigenvalue weighted by atomic mass is 32.1. The average Bonchev–Trinajstić information content (AvgIpc) is 2.31. The summed E-state index contributed by atoms with van der Waals surface area (Å²) < 4.78 is 0. The molecule has 1 aromatic rings. The second-order valence-corrected chi connectivity index (χ2v) is 4.50. The summed E-state index contributed by atoms with van der Waals surface area (Å²) in [6.45, 7) is 5.86. The van der Waals surface area contributed by atoms with Gasteiger partial charge in [0.1, 0.15) is 5.01 Å². The van der Waals surface area contributed by atoms with E-state index in [4.69, 9.17) is 5.11 Å². The lowest BCUT2D eigenvalue weighted by molar-refractivity contribution is 0.217. The molecule has 4 heteroatoms. The lowest BCUT2D eigenvalue weighted by Crippen LogP contribution is -2.21. The number of likely N-dealkylation sites (N-methyl/N-ethyl adjacent to an activating group) is 1. The van der Waals surface area contributed by atoms with E-state index in [-0.39, 0.29) is 6.61 Å². The van der Waals surface area contributed by atoms with Gasteiger partial charge in [0.25, 0.3) is 0 Å². The molecule has 0 atom stereocenters. The van der Waals surface area contributed by atoms with Gasteiger partial charge in [-0.15, -0.1) is 11.3 Å². The van der Waals surface area contributed by atoms with E-state index in [0.717, 1.165) is 17.2 Å². The van der Waals surface area contributed by atoms with E-state index >= 15 is 0 Å². The molecule has 1 heterocycles. The summed E-state index contributed by atoms with van der Waals surface area (Å²) in [4.78, 5) is 7.78. The first-order valence-corrected chi connectivity index (χ1v) is 5.17. The lowest BCUT2D eigenvalue weighted by Gasteiger charge is -2.12. The zero-order valence-electron chi connectivity index (χ0n) is 8.37. The molecule has 74 valence electrons. The molecule has 3 nitrogen and oxygen atoms in total. The summed E-state index contributed by atoms with van der Waals surface area (Å²) in [5.74, 6) is 0. The first kappa shape index (κ1) is 10.6. The van der Waals surface area contributed by atoms with Gasteiger partial charge in [-0.25, -0.2) is 4.98 Å². The number of rotatable bonds is 4. The molecule has 0 saturated heterocycles. The van der Waals surface area contributed by atoms with Crippen molar-refractivity contribution in [3.63, 3.8) is 0 Å². The Bertz CT molecular complexity index is 253. The molecule has 0 bridgehead atoms. The second kappa shape index (κ2) is 4.69. The number of hydrogen-bond acceptors (Lipinski definition) is 4. The van der Waals surface area contributed by atoms with Crippen molar-refractivity contribution in [2.24, 2.45) is 0 Å². The van der Waals surface area contributed by atoms with Crippen molar-refractivity contribution in [3.8, 4) is 0 Å². The van der Waals surface area contributed by atoms with Crippen molar-refractivity contribution < 1.29 is 5.11 Å². The maximum absolute atomic E-state index is 8.72. The summed E-state index contributed by atoms with van der Waals surface area (Å²) in [5, 5.41) is 9.85. The van der Waals surface area contributed by atoms with Crippen LogP contribution in [-0.2, 0) is 6.54 Å². The van der Waals surface area contributed by atoms with E-state index in [0.29, 0.717) is 6.54 Å². The second-order valence-electron chi connectivity index (χ2n) is 3.21. The number of aryl methyl sites for hydroxylation is 2. The van der Waals surface area contributed by atoms with Crippen molar-refractivity contribution in [2.45, 2.75) is 20.4 Å². The Morgan fingerprint density at radius 2 is 2.15 bits per heavy atom. The topological polar surface area (TPSA) is 36.4 Å². The van der Waals surface area contributed by atoms with Crippen molar-refractivity contribution in [2.75, 3.05) is 20.2 Å². The van der Waals surface area contributed by atoms with Crippen LogP contribution < -0.4 is 0 Å². The van der Waals surface area contributed by atoms with Crippen molar-refractivity contribution in [3.05, 3.63) is 15.6 Å². The number of nitrogens with zero attached hydrogens (tertiary/aromatic N) is 2. The van der Waals surface area contributed by atoms with Gasteiger partial charge in [-0.2, -0.15) is 0 Å². The maximum Gasteiger partial charge on any atom is 0.107 e. The number of hydrogen-bond donors (Lipinski definition) is 1. The fraction of sp³-hybridized carbons (Fsp3) is 0.667. The molecule has 0 spiro atoms. The summed E-state index contributed by atoms with van der Waals surface area (Å²) >= 11 is 1.73. The van der Waals surface area contributed by atoms with Crippen LogP contribution in [0.2, 0.25) is 0 Å². The highest BCUT2D eigenvalue weighted by molar-refractivity contribution is 7.11. The van der Waals surface area contributed by atoms with Crippen molar-refractivity contribution in [1.29, 1.82) is 0 Å². The van der Waals surface area contributed by atoms with Crippen LogP contribution in [0, 0.1) is 13.8 Å². The van der Waals surface area contributed by atoms with E-state index in [1.165, 1.54) is 4.88 Å². The molecular formula is C9H16N2OS. The van der Waals surface area contributed by atoms with Gasteiger partial charge < -0.3 is 5.11 Å². The molecule has 0 fully saturated rings. The minimum absolute atomic E-state index is 0.208. The highest BCUT2D eigenvalue weighted by Gasteiger charge is 2.05. The Labute approximate surface area is 83.0 Å². The zero-order chi connectivity index (χ0) is 9.84. The molecule has 0 aliphatic carbocycles. The number of thiazole rings is 1. The summed E-state index contributed by atoms with van der Waals surface area (Å²) in [6.07, 6.45) is 0. The first-order chi connectivity index (χ1) is 6.13. The summed E-state index contributed by atoms with van der Waals surface area (Å²) in [7, 11) is 1.99. The first-order valence-electron chi connectivity index (χ1n) is 4.35. The molecule has 1 aromatic heterocycles. The monoisotopic (exact) mass is 200 g/mol. The van der Waals surface area contributed by atoms with Crippen LogP contribution in [0.25, 0.3) is 0 Å². The maximum atomic E-state index is 8.72. The zero-order valence-corrected chi connectivity index (χ0v) is 9.19. The quantitative estimate of drug-likeness (QED) is 0.793. The van der Waals surface area contributed by atoms with Crippen LogP contribution in [0.4, 0.5) is 0 Å². The molecule has 0 radical (unpaired) electrons. The largest absolute Gasteiger partial charge is 0.395 e. The third-order valence-corrected chi connectivity index (χ3v) is 3.02. The normalized spacial score (nSPS) is 11.2. The molecule has 0 aliphatic heterocycles. The predicted molar refractivity (Wildman–Crippen MR) is 55.0 cm³/mol. The number of aliphatic hydroxyl groups is 1. The smallest absolute Gasteiger partial charge is 0.107 e. The Balaban J connectivity index is 2.53. The van der Waals surface area contributed by atoms with E-state index in [2.05, 4.69) is 16.8 Å². The third-order valence-electron chi connectivity index (χ3n) is 1.96. The Morgan fingerprint density at radius 3 is 2.62 bits per heavy atom. The lowest BCUT2D eigenvalue weighted by atomic mass is 10.4. The van der Waals surface area contributed by atoms with Gasteiger partial charge in [0.2, 0.25) is 0 Å². The molecule has 0 saturated carbocycles. The predicted octanol–water partition coefficient (Wildman–Crippen LogP) is 1.18. The molecular weight excluding hydrogens is 184 g/mol. The Morgan fingerprint density at radius 1 is 1.46 bits per heavy atom. The average molecular weight is 200 g/mol. The van der Waals surface area contributed by atoms with Gasteiger partial charge in [0, 0.05) is 11.4 Å². The van der Waals surface area contributed by atoms with E-state index in [1.807, 2.05) is 14.0 Å². The number of aliphatic hydroxyl groups excluding tert-OH is 1. The number of aromatic nitrogens is 1. The summed E-state index contributed by atoms with van der Waals surface area (Å²) in [5.41, 5.74) is 1.12. The van der Waals surface area contributed by atoms with Crippen LogP contribution in [0.15, 0.2) is 0 Å². The van der Waals surface area contributed by atoms with Crippen molar-refractivity contribution >= 4 is 11.3 Å². The molecule has 0 amide bonds. The Kier molecular flexibility index (Phi) is 3.84. The third kappa shape index (κ3) is 3.06. The summed E-state index contributed by atoms with van der Waals surface area (Å²) in [6, 6.07) is 0. The molecule has 0 unspecified atom stereocenters. The van der Waals surface area contributed by atoms with Gasteiger partial charge >= 0.3 is 0 Å². The van der Waals surface area contributed by atoms with Crippen LogP contribution in [-0.4, -0.2) is 35.2 Å². The highest BCUT2D eigenvalue weighted by Crippen LogP contribution is 2.17. The van der Waals surface area contributed by atoms with Gasteiger partial charge in [0.15, 0.2) is 0 Å². The van der Waals surface area contributed by atoms with E-state index in [1.54, 1.807) is 11.3 Å². The standard InChI is InChI=1S/C9H16N2OS/c1-7-8(2)13-9(10-7)6-11(3)4-5-12/h12H,4-6H2,1-3H3. The minimum Gasteiger partial charge on any atom is -0.395 e. The van der Waals surface area contributed by atoms with Crippen molar-refractivity contribution in [1.82, 2.24) is 9.88 Å². The van der Waals surface area contributed by atoms with E-state index in [9.17, 15) is 0 Å². The molecule has 1 N–H and O–H groups in total. The molecule has 13 heavy (non-hydrogen) atoms. The van der Waals surface area contributed by atoms with Crippen LogP contribution >= 0.6 is 11.3 Å². The van der Waals surface area contributed by atoms with Crippen LogP contribution in [0.3, 0.4) is 0 Å². The SMILES string of the molecule is Cc1nc(CN(C)CCO)sc1C. The molecule has 1 rings (SSSR count). The van der Waals surface area contributed by atoms with Crippen LogP contribution in [0.1, 0.15) is 15.6 Å².